The molecule has 0 bridgehead atoms. The van der Waals surface area contributed by atoms with Crippen LogP contribution in [0.4, 0.5) is 0 Å². The van der Waals surface area contributed by atoms with E-state index in [0.29, 0.717) is 10.8 Å². The second-order valence-electron chi connectivity index (χ2n) is 4.66. The number of amides is 1. The number of carbonyl (C=O) groups excluding carboxylic acids is 1. The van der Waals surface area contributed by atoms with Crippen LogP contribution in [0.15, 0.2) is 0 Å². The van der Waals surface area contributed by atoms with Crippen molar-refractivity contribution in [1.29, 1.82) is 0 Å². The molecule has 0 aromatic carbocycles. The van der Waals surface area contributed by atoms with Crippen LogP contribution >= 0.6 is 11.5 Å². The molecule has 1 saturated heterocycles. The van der Waals surface area contributed by atoms with E-state index in [-0.39, 0.29) is 5.91 Å². The molecule has 1 aromatic heterocycles. The van der Waals surface area contributed by atoms with E-state index in [0.717, 1.165) is 37.5 Å². The third-order valence-corrected chi connectivity index (χ3v) is 3.91. The Morgan fingerprint density at radius 1 is 1.39 bits per heavy atom. The van der Waals surface area contributed by atoms with Gasteiger partial charge in [0.1, 0.15) is 5.82 Å². The molecule has 1 N–H and O–H groups in total. The van der Waals surface area contributed by atoms with Gasteiger partial charge in [-0.05, 0) is 63.8 Å². The highest BCUT2D eigenvalue weighted by atomic mass is 32.1. The van der Waals surface area contributed by atoms with Crippen molar-refractivity contribution in [2.75, 3.05) is 26.2 Å². The minimum absolute atomic E-state index is 0.0956. The van der Waals surface area contributed by atoms with Gasteiger partial charge < -0.3 is 10.2 Å². The van der Waals surface area contributed by atoms with E-state index in [4.69, 9.17) is 0 Å². The van der Waals surface area contributed by atoms with Crippen molar-refractivity contribution in [3.05, 3.63) is 10.8 Å². The summed E-state index contributed by atoms with van der Waals surface area (Å²) in [6, 6.07) is 0. The summed E-state index contributed by atoms with van der Waals surface area (Å²) in [5, 5.41) is 3.35. The summed E-state index contributed by atoms with van der Waals surface area (Å²) in [6.45, 7) is 6.18. The summed E-state index contributed by atoms with van der Waals surface area (Å²) in [5.74, 6) is 0.570. The number of hydrogen-bond donors (Lipinski definition) is 1. The highest BCUT2D eigenvalue weighted by Crippen LogP contribution is 2.08. The third kappa shape index (κ3) is 4.03. The van der Waals surface area contributed by atoms with Crippen LogP contribution in [0.1, 0.15) is 41.3 Å². The number of nitrogens with zero attached hydrogens (tertiary/aromatic N) is 3. The number of likely N-dealkylation sites (tertiary alicyclic amines) is 1. The van der Waals surface area contributed by atoms with Gasteiger partial charge in [0.15, 0.2) is 0 Å². The molecular weight excluding hydrogens is 248 g/mol. The first-order chi connectivity index (χ1) is 8.75. The van der Waals surface area contributed by atoms with E-state index >= 15 is 0 Å². The van der Waals surface area contributed by atoms with Gasteiger partial charge in [-0.25, -0.2) is 4.98 Å². The van der Waals surface area contributed by atoms with E-state index < -0.39 is 0 Å². The van der Waals surface area contributed by atoms with Crippen molar-refractivity contribution < 1.29 is 4.79 Å². The molecule has 0 aliphatic carbocycles. The van der Waals surface area contributed by atoms with Crippen LogP contribution in [0.5, 0.6) is 0 Å². The number of aryl methyl sites for hydroxylation is 1. The zero-order chi connectivity index (χ0) is 12.8. The Kier molecular flexibility index (Phi) is 5.07. The molecule has 2 heterocycles. The Balaban J connectivity index is 1.56. The topological polar surface area (TPSA) is 58.1 Å². The lowest BCUT2D eigenvalue weighted by molar-refractivity contribution is 0.0952. The van der Waals surface area contributed by atoms with Gasteiger partial charge >= 0.3 is 0 Å². The number of unbranched alkanes of at least 4 members (excludes halogenated alkanes) is 1. The molecule has 2 rings (SSSR count). The van der Waals surface area contributed by atoms with Gasteiger partial charge in [-0.3, -0.25) is 4.79 Å². The van der Waals surface area contributed by atoms with Crippen molar-refractivity contribution in [3.63, 3.8) is 0 Å². The zero-order valence-corrected chi connectivity index (χ0v) is 11.6. The monoisotopic (exact) mass is 268 g/mol. The molecule has 100 valence electrons. The number of nitrogens with one attached hydrogen (secondary N) is 1. The highest BCUT2D eigenvalue weighted by molar-refractivity contribution is 7.07. The minimum Gasteiger partial charge on any atom is -0.350 e. The van der Waals surface area contributed by atoms with Crippen molar-refractivity contribution in [2.45, 2.75) is 32.6 Å². The van der Waals surface area contributed by atoms with Crippen LogP contribution in [-0.2, 0) is 0 Å². The Hall–Kier alpha value is -1.01. The standard InChI is InChI=1S/C12H20N4OS/c1-10-14-12(18-15-10)11(17)13-6-2-3-7-16-8-4-5-9-16/h2-9H2,1H3,(H,13,17). The molecule has 0 radical (unpaired) electrons. The SMILES string of the molecule is Cc1nsc(C(=O)NCCCCN2CCCC2)n1. The normalized spacial score (nSPS) is 16.1. The van der Waals surface area contributed by atoms with Gasteiger partial charge in [-0.1, -0.05) is 0 Å². The van der Waals surface area contributed by atoms with Crippen molar-refractivity contribution >= 4 is 17.4 Å². The highest BCUT2D eigenvalue weighted by Gasteiger charge is 2.11. The quantitative estimate of drug-likeness (QED) is 0.793. The summed E-state index contributed by atoms with van der Waals surface area (Å²) >= 11 is 1.16. The number of aromatic nitrogens is 2. The molecule has 0 saturated carbocycles. The maximum atomic E-state index is 11.7. The number of hydrogen-bond acceptors (Lipinski definition) is 5. The Morgan fingerprint density at radius 3 is 2.83 bits per heavy atom. The molecule has 6 heteroatoms. The second kappa shape index (κ2) is 6.80. The molecule has 1 aliphatic rings. The molecule has 0 spiro atoms. The summed E-state index contributed by atoms with van der Waals surface area (Å²) in [6.07, 6.45) is 4.86. The summed E-state index contributed by atoms with van der Waals surface area (Å²) in [7, 11) is 0. The average Bonchev–Trinajstić information content (AvgIpc) is 2.99. The lowest BCUT2D eigenvalue weighted by atomic mass is 10.3. The lowest BCUT2D eigenvalue weighted by Crippen LogP contribution is -2.26. The van der Waals surface area contributed by atoms with E-state index in [1.807, 2.05) is 0 Å². The van der Waals surface area contributed by atoms with Gasteiger partial charge in [0.2, 0.25) is 5.01 Å². The zero-order valence-electron chi connectivity index (χ0n) is 10.8. The maximum Gasteiger partial charge on any atom is 0.281 e. The van der Waals surface area contributed by atoms with E-state index in [1.54, 1.807) is 6.92 Å². The molecule has 1 aromatic rings. The van der Waals surface area contributed by atoms with Gasteiger partial charge in [-0.15, -0.1) is 0 Å². The van der Waals surface area contributed by atoms with Gasteiger partial charge in [-0.2, -0.15) is 4.37 Å². The maximum absolute atomic E-state index is 11.7. The Morgan fingerprint density at radius 2 is 2.17 bits per heavy atom. The van der Waals surface area contributed by atoms with Gasteiger partial charge in [0.25, 0.3) is 5.91 Å². The fraction of sp³-hybridized carbons (Fsp3) is 0.750. The molecule has 18 heavy (non-hydrogen) atoms. The van der Waals surface area contributed by atoms with Gasteiger partial charge in [0, 0.05) is 6.54 Å². The van der Waals surface area contributed by atoms with Crippen LogP contribution < -0.4 is 5.32 Å². The minimum atomic E-state index is -0.0956. The Labute approximate surface area is 112 Å². The summed E-state index contributed by atoms with van der Waals surface area (Å²) in [4.78, 5) is 18.2. The predicted octanol–water partition coefficient (Wildman–Crippen LogP) is 1.45. The first-order valence-corrected chi connectivity index (χ1v) is 7.34. The van der Waals surface area contributed by atoms with E-state index in [2.05, 4.69) is 19.6 Å². The summed E-state index contributed by atoms with van der Waals surface area (Å²) in [5.41, 5.74) is 0. The van der Waals surface area contributed by atoms with Crippen LogP contribution in [0.25, 0.3) is 0 Å². The molecule has 5 nitrogen and oxygen atoms in total. The van der Waals surface area contributed by atoms with Crippen molar-refractivity contribution in [2.24, 2.45) is 0 Å². The van der Waals surface area contributed by atoms with E-state index in [1.165, 1.54) is 25.9 Å². The van der Waals surface area contributed by atoms with Crippen LogP contribution in [-0.4, -0.2) is 46.3 Å². The molecule has 1 amide bonds. The second-order valence-corrected chi connectivity index (χ2v) is 5.41. The summed E-state index contributed by atoms with van der Waals surface area (Å²) < 4.78 is 4.00. The van der Waals surface area contributed by atoms with Crippen LogP contribution in [0, 0.1) is 6.92 Å². The molecule has 1 fully saturated rings. The molecule has 1 aliphatic heterocycles. The Bertz CT molecular complexity index is 387. The van der Waals surface area contributed by atoms with Crippen LogP contribution in [0.2, 0.25) is 0 Å². The van der Waals surface area contributed by atoms with Crippen molar-refractivity contribution in [3.8, 4) is 0 Å². The average molecular weight is 268 g/mol. The fourth-order valence-corrected chi connectivity index (χ4v) is 2.72. The number of rotatable bonds is 6. The third-order valence-electron chi connectivity index (χ3n) is 3.11. The fourth-order valence-electron chi connectivity index (χ4n) is 2.13. The molecular formula is C12H20N4OS. The first-order valence-electron chi connectivity index (χ1n) is 6.56. The van der Waals surface area contributed by atoms with E-state index in [9.17, 15) is 4.79 Å². The smallest absolute Gasteiger partial charge is 0.281 e. The van der Waals surface area contributed by atoms with Crippen LogP contribution in [0.3, 0.4) is 0 Å². The van der Waals surface area contributed by atoms with Gasteiger partial charge in [0.05, 0.1) is 0 Å². The largest absolute Gasteiger partial charge is 0.350 e. The first kappa shape index (κ1) is 13.4. The van der Waals surface area contributed by atoms with Crippen molar-refractivity contribution in [1.82, 2.24) is 19.6 Å². The predicted molar refractivity (Wildman–Crippen MR) is 71.9 cm³/mol. The lowest BCUT2D eigenvalue weighted by Gasteiger charge is -2.13. The molecule has 0 unspecified atom stereocenters. The number of carbonyl (C=O) groups is 1. The molecule has 0 atom stereocenters.